The molecule has 19 heavy (non-hydrogen) atoms. The molecule has 0 aliphatic rings. The predicted molar refractivity (Wildman–Crippen MR) is 80.7 cm³/mol. The molecular weight excluding hydrogens is 260 g/mol. The molecule has 0 radical (unpaired) electrons. The topological polar surface area (TPSA) is 59.1 Å². The fourth-order valence-electron chi connectivity index (χ4n) is 1.72. The van der Waals surface area contributed by atoms with Crippen LogP contribution in [0.2, 0.25) is 5.02 Å². The van der Waals surface area contributed by atoms with E-state index in [1.54, 1.807) is 0 Å². The van der Waals surface area contributed by atoms with Crippen molar-refractivity contribution in [3.8, 4) is 0 Å². The Bertz CT molecular complexity index is 418. The minimum atomic E-state index is -0.201. The number of nitrogens with two attached hydrogens (primary N) is 1. The summed E-state index contributed by atoms with van der Waals surface area (Å²) in [6.45, 7) is 5.32. The molecule has 3 N–H and O–H groups in total. The highest BCUT2D eigenvalue weighted by molar-refractivity contribution is 6.30. The van der Waals surface area contributed by atoms with E-state index in [1.807, 2.05) is 38.1 Å². The lowest BCUT2D eigenvalue weighted by atomic mass is 9.86. The van der Waals surface area contributed by atoms with Gasteiger partial charge in [-0.1, -0.05) is 44.0 Å². The van der Waals surface area contributed by atoms with Gasteiger partial charge in [-0.3, -0.25) is 5.41 Å². The van der Waals surface area contributed by atoms with Crippen LogP contribution in [-0.2, 0) is 11.3 Å². The summed E-state index contributed by atoms with van der Waals surface area (Å²) >= 11 is 5.90. The average Bonchev–Trinajstić information content (AvgIpc) is 2.33. The van der Waals surface area contributed by atoms with Gasteiger partial charge in [0.15, 0.2) is 0 Å². The van der Waals surface area contributed by atoms with Crippen LogP contribution in [0.25, 0.3) is 0 Å². The third kappa shape index (κ3) is 6.08. The van der Waals surface area contributed by atoms with Gasteiger partial charge in [-0.25, -0.2) is 0 Å². The summed E-state index contributed by atoms with van der Waals surface area (Å²) in [4.78, 5) is 0. The molecule has 3 nitrogen and oxygen atoms in total. The van der Waals surface area contributed by atoms with Crippen LogP contribution < -0.4 is 5.73 Å². The molecule has 1 aromatic rings. The van der Waals surface area contributed by atoms with Gasteiger partial charge < -0.3 is 10.5 Å². The van der Waals surface area contributed by atoms with Crippen LogP contribution in [0.5, 0.6) is 0 Å². The van der Waals surface area contributed by atoms with Gasteiger partial charge in [0.25, 0.3) is 0 Å². The summed E-state index contributed by atoms with van der Waals surface area (Å²) in [5.41, 5.74) is 6.43. The molecule has 0 heterocycles. The maximum Gasteiger partial charge on any atom is 0.0963 e. The van der Waals surface area contributed by atoms with Crippen LogP contribution in [0.4, 0.5) is 0 Å². The van der Waals surface area contributed by atoms with Crippen LogP contribution in [0.1, 0.15) is 38.7 Å². The van der Waals surface area contributed by atoms with Crippen LogP contribution in [-0.4, -0.2) is 12.4 Å². The number of amidine groups is 1. The van der Waals surface area contributed by atoms with Gasteiger partial charge in [-0.05, 0) is 30.5 Å². The van der Waals surface area contributed by atoms with E-state index in [0.717, 1.165) is 36.5 Å². The monoisotopic (exact) mass is 282 g/mol. The van der Waals surface area contributed by atoms with E-state index in [-0.39, 0.29) is 11.3 Å². The predicted octanol–water partition coefficient (Wildman–Crippen LogP) is 3.99. The highest BCUT2D eigenvalue weighted by Crippen LogP contribution is 2.22. The number of ether oxygens (including phenoxy) is 1. The Morgan fingerprint density at radius 2 is 2.11 bits per heavy atom. The van der Waals surface area contributed by atoms with Crippen LogP contribution >= 0.6 is 11.6 Å². The number of unbranched alkanes of at least 4 members (excludes halogenated alkanes) is 1. The molecule has 4 heteroatoms. The van der Waals surface area contributed by atoms with E-state index in [2.05, 4.69) is 0 Å². The van der Waals surface area contributed by atoms with Crippen molar-refractivity contribution in [2.75, 3.05) is 6.61 Å². The first-order valence-corrected chi connectivity index (χ1v) is 6.96. The lowest BCUT2D eigenvalue weighted by molar-refractivity contribution is 0.115. The molecule has 0 saturated heterocycles. The Hall–Kier alpha value is -1.06. The zero-order chi connectivity index (χ0) is 14.3. The molecule has 0 amide bonds. The van der Waals surface area contributed by atoms with Crippen molar-refractivity contribution in [2.24, 2.45) is 11.1 Å². The normalized spacial score (nSPS) is 11.5. The molecule has 1 rings (SSSR count). The summed E-state index contributed by atoms with van der Waals surface area (Å²) in [5.74, 6) is 0.257. The van der Waals surface area contributed by atoms with Crippen LogP contribution in [0.3, 0.4) is 0 Å². The first-order valence-electron chi connectivity index (χ1n) is 6.58. The zero-order valence-electron chi connectivity index (χ0n) is 11.7. The minimum absolute atomic E-state index is 0.201. The van der Waals surface area contributed by atoms with Crippen molar-refractivity contribution in [1.82, 2.24) is 0 Å². The van der Waals surface area contributed by atoms with E-state index in [4.69, 9.17) is 27.5 Å². The molecule has 0 unspecified atom stereocenters. The summed E-state index contributed by atoms with van der Waals surface area (Å²) < 4.78 is 5.61. The third-order valence-electron chi connectivity index (χ3n) is 3.23. The summed E-state index contributed by atoms with van der Waals surface area (Å²) in [7, 11) is 0. The zero-order valence-corrected chi connectivity index (χ0v) is 12.5. The summed E-state index contributed by atoms with van der Waals surface area (Å²) in [6, 6.07) is 7.70. The highest BCUT2D eigenvalue weighted by Gasteiger charge is 2.20. The second-order valence-corrected chi connectivity index (χ2v) is 5.87. The van der Waals surface area contributed by atoms with Crippen molar-refractivity contribution >= 4 is 17.4 Å². The second-order valence-electron chi connectivity index (χ2n) is 5.44. The quantitative estimate of drug-likeness (QED) is 0.430. The van der Waals surface area contributed by atoms with Gasteiger partial charge in [0.1, 0.15) is 0 Å². The number of benzene rings is 1. The van der Waals surface area contributed by atoms with Gasteiger partial charge in [0, 0.05) is 17.0 Å². The maximum atomic E-state index is 7.48. The van der Waals surface area contributed by atoms with E-state index in [0.29, 0.717) is 6.61 Å². The standard InChI is InChI=1S/C15H23ClN2O/c1-15(2,14(17)18)8-3-4-9-19-11-12-6-5-7-13(16)10-12/h5-7,10H,3-4,8-9,11H2,1-2H3,(H3,17,18). The number of nitrogens with one attached hydrogen (secondary N) is 1. The van der Waals surface area contributed by atoms with Crippen molar-refractivity contribution in [2.45, 2.75) is 39.7 Å². The Labute approximate surface area is 120 Å². The molecular formula is C15H23ClN2O. The Morgan fingerprint density at radius 3 is 2.74 bits per heavy atom. The largest absolute Gasteiger partial charge is 0.387 e. The van der Waals surface area contributed by atoms with Crippen LogP contribution in [0.15, 0.2) is 24.3 Å². The molecule has 0 aromatic heterocycles. The number of hydrogen-bond donors (Lipinski definition) is 2. The van der Waals surface area contributed by atoms with Crippen molar-refractivity contribution < 1.29 is 4.74 Å². The first kappa shape index (κ1) is 16.0. The molecule has 0 saturated carbocycles. The number of hydrogen-bond acceptors (Lipinski definition) is 2. The molecule has 106 valence electrons. The SMILES string of the molecule is CC(C)(CCCCOCc1cccc(Cl)c1)C(=N)N. The third-order valence-corrected chi connectivity index (χ3v) is 3.46. The van der Waals surface area contributed by atoms with E-state index >= 15 is 0 Å². The Balaban J connectivity index is 2.14. The van der Waals surface area contributed by atoms with Crippen molar-refractivity contribution in [3.05, 3.63) is 34.9 Å². The van der Waals surface area contributed by atoms with Crippen molar-refractivity contribution in [3.63, 3.8) is 0 Å². The second kappa shape index (κ2) is 7.51. The summed E-state index contributed by atoms with van der Waals surface area (Å²) in [5, 5.41) is 8.22. The average molecular weight is 283 g/mol. The fraction of sp³-hybridized carbons (Fsp3) is 0.533. The summed E-state index contributed by atoms with van der Waals surface area (Å²) in [6.07, 6.45) is 2.92. The van der Waals surface area contributed by atoms with Gasteiger partial charge in [-0.2, -0.15) is 0 Å². The minimum Gasteiger partial charge on any atom is -0.387 e. The van der Waals surface area contributed by atoms with Gasteiger partial charge in [0.2, 0.25) is 0 Å². The lowest BCUT2D eigenvalue weighted by Gasteiger charge is -2.22. The molecule has 0 fully saturated rings. The molecule has 0 aliphatic carbocycles. The van der Waals surface area contributed by atoms with Gasteiger partial charge >= 0.3 is 0 Å². The first-order chi connectivity index (χ1) is 8.92. The highest BCUT2D eigenvalue weighted by atomic mass is 35.5. The smallest absolute Gasteiger partial charge is 0.0963 e. The van der Waals surface area contributed by atoms with Crippen molar-refractivity contribution in [1.29, 1.82) is 5.41 Å². The van der Waals surface area contributed by atoms with E-state index < -0.39 is 0 Å². The number of rotatable bonds is 8. The molecule has 0 spiro atoms. The van der Waals surface area contributed by atoms with Crippen LogP contribution in [0, 0.1) is 10.8 Å². The fourth-order valence-corrected chi connectivity index (χ4v) is 1.94. The van der Waals surface area contributed by atoms with Gasteiger partial charge in [-0.15, -0.1) is 0 Å². The Kier molecular flexibility index (Phi) is 6.32. The lowest BCUT2D eigenvalue weighted by Crippen LogP contribution is -2.30. The number of halogens is 1. The molecule has 0 atom stereocenters. The van der Waals surface area contributed by atoms with Gasteiger partial charge in [0.05, 0.1) is 12.4 Å². The Morgan fingerprint density at radius 1 is 1.37 bits per heavy atom. The van der Waals surface area contributed by atoms with E-state index in [9.17, 15) is 0 Å². The maximum absolute atomic E-state index is 7.48. The van der Waals surface area contributed by atoms with E-state index in [1.165, 1.54) is 0 Å². The molecule has 0 aliphatic heterocycles. The molecule has 0 bridgehead atoms. The molecule has 1 aromatic carbocycles.